The van der Waals surface area contributed by atoms with Gasteiger partial charge in [-0.3, -0.25) is 9.36 Å². The molecule has 116 valence electrons. The molecule has 0 spiro atoms. The van der Waals surface area contributed by atoms with Crippen molar-refractivity contribution in [3.8, 4) is 5.69 Å². The third kappa shape index (κ3) is 3.81. The second-order valence-corrected chi connectivity index (χ2v) is 6.20. The van der Waals surface area contributed by atoms with Gasteiger partial charge in [0.15, 0.2) is 5.03 Å². The number of rotatable bonds is 4. The molecule has 3 rings (SSSR count). The van der Waals surface area contributed by atoms with Crippen molar-refractivity contribution in [1.29, 1.82) is 0 Å². The van der Waals surface area contributed by atoms with Crippen LogP contribution in [-0.2, 0) is 5.75 Å². The molecule has 0 aliphatic heterocycles. The van der Waals surface area contributed by atoms with Crippen molar-refractivity contribution in [2.45, 2.75) is 10.8 Å². The first-order valence-corrected chi connectivity index (χ1v) is 8.21. The van der Waals surface area contributed by atoms with E-state index in [9.17, 15) is 9.18 Å². The van der Waals surface area contributed by atoms with Gasteiger partial charge in [0.25, 0.3) is 5.56 Å². The maximum atomic E-state index is 12.9. The number of aromatic nitrogens is 2. The van der Waals surface area contributed by atoms with Crippen LogP contribution >= 0.6 is 23.4 Å². The molecule has 0 N–H and O–H groups in total. The van der Waals surface area contributed by atoms with Crippen LogP contribution in [0.1, 0.15) is 5.56 Å². The van der Waals surface area contributed by atoms with Crippen LogP contribution < -0.4 is 5.56 Å². The summed E-state index contributed by atoms with van der Waals surface area (Å²) in [5.74, 6) is 0.273. The topological polar surface area (TPSA) is 34.9 Å². The highest BCUT2D eigenvalue weighted by Crippen LogP contribution is 2.19. The minimum Gasteiger partial charge on any atom is -0.280 e. The molecule has 6 heteroatoms. The summed E-state index contributed by atoms with van der Waals surface area (Å²) in [6.45, 7) is 0. The maximum absolute atomic E-state index is 12.9. The van der Waals surface area contributed by atoms with E-state index in [-0.39, 0.29) is 11.4 Å². The van der Waals surface area contributed by atoms with Crippen LogP contribution in [0.15, 0.2) is 70.7 Å². The fraction of sp³-hybridized carbons (Fsp3) is 0.0588. The monoisotopic (exact) mass is 346 g/mol. The quantitative estimate of drug-likeness (QED) is 0.660. The average Bonchev–Trinajstić information content (AvgIpc) is 2.56. The first-order valence-electron chi connectivity index (χ1n) is 6.84. The first kappa shape index (κ1) is 15.8. The summed E-state index contributed by atoms with van der Waals surface area (Å²) >= 11 is 7.19. The zero-order valence-electron chi connectivity index (χ0n) is 11.9. The van der Waals surface area contributed by atoms with E-state index in [2.05, 4.69) is 4.98 Å². The lowest BCUT2D eigenvalue weighted by Gasteiger charge is -2.07. The highest BCUT2D eigenvalue weighted by molar-refractivity contribution is 7.98. The van der Waals surface area contributed by atoms with E-state index in [1.165, 1.54) is 28.5 Å². The highest BCUT2D eigenvalue weighted by atomic mass is 35.5. The van der Waals surface area contributed by atoms with Crippen LogP contribution in [0.4, 0.5) is 4.39 Å². The minimum atomic E-state index is -0.276. The number of nitrogens with zero attached hydrogens (tertiary/aromatic N) is 2. The van der Waals surface area contributed by atoms with Gasteiger partial charge < -0.3 is 0 Å². The van der Waals surface area contributed by atoms with Crippen molar-refractivity contribution in [3.63, 3.8) is 0 Å². The molecule has 0 aliphatic carbocycles. The number of halogens is 2. The van der Waals surface area contributed by atoms with Crippen LogP contribution in [0.2, 0.25) is 5.02 Å². The normalized spacial score (nSPS) is 10.7. The molecule has 0 amide bonds. The van der Waals surface area contributed by atoms with E-state index in [4.69, 9.17) is 11.6 Å². The molecule has 0 saturated carbocycles. The lowest BCUT2D eigenvalue weighted by atomic mass is 10.2. The Kier molecular flexibility index (Phi) is 4.79. The van der Waals surface area contributed by atoms with Crippen LogP contribution in [0.5, 0.6) is 0 Å². The number of benzene rings is 2. The smallest absolute Gasteiger partial charge is 0.280 e. The minimum absolute atomic E-state index is 0.193. The third-order valence-electron chi connectivity index (χ3n) is 3.20. The molecule has 3 nitrogen and oxygen atoms in total. The van der Waals surface area contributed by atoms with E-state index < -0.39 is 0 Å². The predicted molar refractivity (Wildman–Crippen MR) is 90.8 cm³/mol. The molecular weight excluding hydrogens is 335 g/mol. The van der Waals surface area contributed by atoms with Gasteiger partial charge in [0.05, 0.1) is 0 Å². The largest absolute Gasteiger partial charge is 0.287 e. The molecule has 0 fully saturated rings. The van der Waals surface area contributed by atoms with E-state index in [1.54, 1.807) is 48.8 Å². The summed E-state index contributed by atoms with van der Waals surface area (Å²) in [6.07, 6.45) is 3.20. The van der Waals surface area contributed by atoms with Crippen molar-refractivity contribution in [2.75, 3.05) is 0 Å². The second-order valence-electron chi connectivity index (χ2n) is 4.80. The number of hydrogen-bond acceptors (Lipinski definition) is 3. The molecule has 2 aromatic carbocycles. The van der Waals surface area contributed by atoms with E-state index in [0.29, 0.717) is 15.8 Å². The van der Waals surface area contributed by atoms with Crippen molar-refractivity contribution >= 4 is 23.4 Å². The molecule has 0 aliphatic rings. The van der Waals surface area contributed by atoms with E-state index in [0.717, 1.165) is 11.3 Å². The molecule has 23 heavy (non-hydrogen) atoms. The van der Waals surface area contributed by atoms with Crippen molar-refractivity contribution in [2.24, 2.45) is 0 Å². The average molecular weight is 347 g/mol. The number of hydrogen-bond donors (Lipinski definition) is 0. The summed E-state index contributed by atoms with van der Waals surface area (Å²) in [5.41, 5.74) is 1.46. The summed E-state index contributed by atoms with van der Waals surface area (Å²) in [7, 11) is 0. The fourth-order valence-corrected chi connectivity index (χ4v) is 3.01. The Morgan fingerprint density at radius 2 is 1.78 bits per heavy atom. The van der Waals surface area contributed by atoms with Gasteiger partial charge >= 0.3 is 0 Å². The maximum Gasteiger partial charge on any atom is 0.287 e. The Labute approximate surface area is 141 Å². The van der Waals surface area contributed by atoms with Gasteiger partial charge in [-0.05, 0) is 42.0 Å². The van der Waals surface area contributed by atoms with Crippen LogP contribution in [-0.4, -0.2) is 9.55 Å². The molecule has 0 unspecified atom stereocenters. The van der Waals surface area contributed by atoms with Gasteiger partial charge in [0, 0.05) is 28.9 Å². The van der Waals surface area contributed by atoms with Gasteiger partial charge in [-0.25, -0.2) is 9.37 Å². The fourth-order valence-electron chi connectivity index (χ4n) is 2.03. The van der Waals surface area contributed by atoms with Gasteiger partial charge in [-0.2, -0.15) is 0 Å². The SMILES string of the molecule is O=c1c(SCc2ccc(F)cc2)nccn1-c1ccc(Cl)cc1. The Morgan fingerprint density at radius 1 is 1.09 bits per heavy atom. The predicted octanol–water partition coefficient (Wildman–Crippen LogP) is 4.32. The molecule has 1 aromatic heterocycles. The van der Waals surface area contributed by atoms with Gasteiger partial charge in [-0.1, -0.05) is 35.5 Å². The van der Waals surface area contributed by atoms with Gasteiger partial charge in [0.2, 0.25) is 0 Å². The zero-order valence-corrected chi connectivity index (χ0v) is 13.5. The highest BCUT2D eigenvalue weighted by Gasteiger charge is 2.07. The van der Waals surface area contributed by atoms with Crippen LogP contribution in [0, 0.1) is 5.82 Å². The summed E-state index contributed by atoms with van der Waals surface area (Å²) in [4.78, 5) is 16.7. The Hall–Kier alpha value is -2.11. The van der Waals surface area contributed by atoms with Gasteiger partial charge in [0.1, 0.15) is 5.82 Å². The molecule has 3 aromatic rings. The molecule has 1 heterocycles. The molecular formula is C17H12ClFN2OS. The Balaban J connectivity index is 1.83. The first-order chi connectivity index (χ1) is 11.1. The molecule has 0 bridgehead atoms. The van der Waals surface area contributed by atoms with Crippen molar-refractivity contribution in [1.82, 2.24) is 9.55 Å². The van der Waals surface area contributed by atoms with E-state index in [1.807, 2.05) is 0 Å². The zero-order chi connectivity index (χ0) is 16.2. The number of thioether (sulfide) groups is 1. The van der Waals surface area contributed by atoms with E-state index >= 15 is 0 Å². The standard InChI is InChI=1S/C17H12ClFN2OS/c18-13-3-7-15(8-4-13)21-10-9-20-16(17(21)22)23-11-12-1-5-14(19)6-2-12/h1-10H,11H2. The third-order valence-corrected chi connectivity index (χ3v) is 4.49. The van der Waals surface area contributed by atoms with Crippen LogP contribution in [0.25, 0.3) is 5.69 Å². The second kappa shape index (κ2) is 6.98. The summed E-state index contributed by atoms with van der Waals surface area (Å²) < 4.78 is 14.4. The Morgan fingerprint density at radius 3 is 2.48 bits per heavy atom. The van der Waals surface area contributed by atoms with Crippen LogP contribution in [0.3, 0.4) is 0 Å². The lowest BCUT2D eigenvalue weighted by Crippen LogP contribution is -2.20. The molecule has 0 atom stereocenters. The van der Waals surface area contributed by atoms with Gasteiger partial charge in [-0.15, -0.1) is 0 Å². The Bertz CT molecular complexity index is 863. The van der Waals surface area contributed by atoms with Crippen molar-refractivity contribution in [3.05, 3.63) is 87.7 Å². The molecule has 0 radical (unpaired) electrons. The lowest BCUT2D eigenvalue weighted by molar-refractivity contribution is 0.627. The summed E-state index contributed by atoms with van der Waals surface area (Å²) in [5, 5.41) is 1.01. The summed E-state index contributed by atoms with van der Waals surface area (Å²) in [6, 6.07) is 13.2. The van der Waals surface area contributed by atoms with Crippen molar-refractivity contribution < 1.29 is 4.39 Å². The molecule has 0 saturated heterocycles.